The molecular formula is C12H10Cl2N2O2. The molecule has 1 aromatic carbocycles. The molecule has 0 amide bonds. The number of hydrogen-bond acceptors (Lipinski definition) is 3. The summed E-state index contributed by atoms with van der Waals surface area (Å²) in [6.07, 6.45) is 0.468. The average molecular weight is 285 g/mol. The Balaban J connectivity index is 2.95. The predicted molar refractivity (Wildman–Crippen MR) is 72.5 cm³/mol. The molecule has 2 rings (SSSR count). The normalized spacial score (nSPS) is 10.8. The summed E-state index contributed by atoms with van der Waals surface area (Å²) in [5, 5.41) is 10.4. The van der Waals surface area contributed by atoms with E-state index in [0.717, 1.165) is 0 Å². The van der Waals surface area contributed by atoms with Crippen LogP contribution in [0.5, 0.6) is 0 Å². The number of nitrogens with zero attached hydrogens (tertiary/aromatic N) is 1. The van der Waals surface area contributed by atoms with Gasteiger partial charge in [-0.25, -0.2) is 9.78 Å². The second-order valence-electron chi connectivity index (χ2n) is 3.79. The molecule has 4 nitrogen and oxygen atoms in total. The van der Waals surface area contributed by atoms with Gasteiger partial charge in [0.1, 0.15) is 0 Å². The van der Waals surface area contributed by atoms with Crippen LogP contribution in [-0.4, -0.2) is 16.1 Å². The Labute approximate surface area is 113 Å². The Bertz CT molecular complexity index is 656. The third-order valence-corrected chi connectivity index (χ3v) is 3.22. The summed E-state index contributed by atoms with van der Waals surface area (Å²) in [7, 11) is 0. The van der Waals surface area contributed by atoms with E-state index in [0.29, 0.717) is 38.6 Å². The fourth-order valence-electron chi connectivity index (χ4n) is 1.92. The number of hydrogen-bond donors (Lipinski definition) is 2. The summed E-state index contributed by atoms with van der Waals surface area (Å²) < 4.78 is 0. The van der Waals surface area contributed by atoms with Gasteiger partial charge >= 0.3 is 5.97 Å². The molecule has 0 saturated heterocycles. The Morgan fingerprint density at radius 3 is 2.67 bits per heavy atom. The first-order valence-corrected chi connectivity index (χ1v) is 6.01. The average Bonchev–Trinajstić information content (AvgIpc) is 2.27. The zero-order valence-electron chi connectivity index (χ0n) is 9.50. The summed E-state index contributed by atoms with van der Waals surface area (Å²) in [6.45, 7) is 1.81. The number of halogens is 2. The van der Waals surface area contributed by atoms with Crippen LogP contribution in [0.2, 0.25) is 10.0 Å². The van der Waals surface area contributed by atoms with Crippen molar-refractivity contribution in [3.05, 3.63) is 33.4 Å². The van der Waals surface area contributed by atoms with E-state index in [2.05, 4.69) is 4.98 Å². The number of aromatic nitrogens is 1. The lowest BCUT2D eigenvalue weighted by atomic mass is 10.0. The van der Waals surface area contributed by atoms with E-state index in [9.17, 15) is 4.79 Å². The smallest absolute Gasteiger partial charge is 0.354 e. The van der Waals surface area contributed by atoms with Crippen molar-refractivity contribution in [2.24, 2.45) is 0 Å². The molecule has 0 aliphatic carbocycles. The number of fused-ring (bicyclic) bond motifs is 1. The van der Waals surface area contributed by atoms with Crippen molar-refractivity contribution in [2.45, 2.75) is 13.3 Å². The van der Waals surface area contributed by atoms with Gasteiger partial charge in [-0.3, -0.25) is 0 Å². The maximum absolute atomic E-state index is 11.2. The second-order valence-corrected chi connectivity index (χ2v) is 4.64. The summed E-state index contributed by atoms with van der Waals surface area (Å²) in [4.78, 5) is 15.2. The number of anilines is 1. The lowest BCUT2D eigenvalue weighted by molar-refractivity contribution is 0.0690. The molecule has 18 heavy (non-hydrogen) atoms. The lowest BCUT2D eigenvalue weighted by Gasteiger charge is -2.12. The van der Waals surface area contributed by atoms with Crippen LogP contribution >= 0.6 is 23.2 Å². The SMILES string of the molecule is CCc1c(C(=O)O)nc2cc(Cl)cc(Cl)c2c1N. The molecule has 2 aromatic rings. The highest BCUT2D eigenvalue weighted by atomic mass is 35.5. The van der Waals surface area contributed by atoms with Gasteiger partial charge in [-0.05, 0) is 18.6 Å². The standard InChI is InChI=1S/C12H10Cl2N2O2/c1-2-6-10(15)9-7(14)3-5(13)4-8(9)16-11(6)12(17)18/h3-4H,2H2,1H3,(H2,15,16)(H,17,18). The molecule has 0 unspecified atom stereocenters. The van der Waals surface area contributed by atoms with E-state index in [1.807, 2.05) is 6.92 Å². The van der Waals surface area contributed by atoms with E-state index in [1.165, 1.54) is 0 Å². The Hall–Kier alpha value is -1.52. The van der Waals surface area contributed by atoms with Gasteiger partial charge in [0.25, 0.3) is 0 Å². The van der Waals surface area contributed by atoms with Crippen molar-refractivity contribution in [1.82, 2.24) is 4.98 Å². The highest BCUT2D eigenvalue weighted by Gasteiger charge is 2.18. The largest absolute Gasteiger partial charge is 0.477 e. The van der Waals surface area contributed by atoms with Crippen molar-refractivity contribution in [3.8, 4) is 0 Å². The van der Waals surface area contributed by atoms with Gasteiger partial charge in [-0.15, -0.1) is 0 Å². The number of aromatic carboxylic acids is 1. The van der Waals surface area contributed by atoms with Crippen molar-refractivity contribution in [3.63, 3.8) is 0 Å². The maximum Gasteiger partial charge on any atom is 0.354 e. The third kappa shape index (κ3) is 1.98. The topological polar surface area (TPSA) is 76.2 Å². The molecule has 0 saturated carbocycles. The highest BCUT2D eigenvalue weighted by molar-refractivity contribution is 6.39. The molecule has 1 heterocycles. The number of carbonyl (C=O) groups is 1. The summed E-state index contributed by atoms with van der Waals surface area (Å²) >= 11 is 11.9. The van der Waals surface area contributed by atoms with Crippen LogP contribution in [0.3, 0.4) is 0 Å². The minimum Gasteiger partial charge on any atom is -0.477 e. The van der Waals surface area contributed by atoms with Crippen LogP contribution in [-0.2, 0) is 6.42 Å². The Morgan fingerprint density at radius 2 is 2.11 bits per heavy atom. The number of benzene rings is 1. The van der Waals surface area contributed by atoms with Crippen LogP contribution < -0.4 is 5.73 Å². The third-order valence-electron chi connectivity index (χ3n) is 2.70. The lowest BCUT2D eigenvalue weighted by Crippen LogP contribution is -2.09. The molecular weight excluding hydrogens is 275 g/mol. The molecule has 0 spiro atoms. The monoisotopic (exact) mass is 284 g/mol. The summed E-state index contributed by atoms with van der Waals surface area (Å²) in [6, 6.07) is 3.11. The van der Waals surface area contributed by atoms with E-state index in [4.69, 9.17) is 34.0 Å². The number of nitrogen functional groups attached to an aromatic ring is 1. The van der Waals surface area contributed by atoms with Crippen LogP contribution in [0, 0.1) is 0 Å². The number of carboxylic acid groups (broad SMARTS) is 1. The minimum atomic E-state index is -1.11. The van der Waals surface area contributed by atoms with E-state index < -0.39 is 5.97 Å². The molecule has 1 aromatic heterocycles. The van der Waals surface area contributed by atoms with Gasteiger partial charge in [0, 0.05) is 21.7 Å². The molecule has 0 fully saturated rings. The molecule has 94 valence electrons. The van der Waals surface area contributed by atoms with Gasteiger partial charge in [-0.1, -0.05) is 30.1 Å². The van der Waals surface area contributed by atoms with Crippen LogP contribution in [0.1, 0.15) is 23.0 Å². The fraction of sp³-hybridized carbons (Fsp3) is 0.167. The molecule has 6 heteroatoms. The van der Waals surface area contributed by atoms with Crippen LogP contribution in [0.15, 0.2) is 12.1 Å². The van der Waals surface area contributed by atoms with Crippen molar-refractivity contribution >= 4 is 45.8 Å². The van der Waals surface area contributed by atoms with Gasteiger partial charge in [0.15, 0.2) is 5.69 Å². The van der Waals surface area contributed by atoms with Gasteiger partial charge in [0.2, 0.25) is 0 Å². The number of carboxylic acids is 1. The summed E-state index contributed by atoms with van der Waals surface area (Å²) in [5.41, 5.74) is 7.16. The first-order valence-electron chi connectivity index (χ1n) is 5.26. The number of pyridine rings is 1. The summed E-state index contributed by atoms with van der Waals surface area (Å²) in [5.74, 6) is -1.11. The highest BCUT2D eigenvalue weighted by Crippen LogP contribution is 2.34. The molecule has 0 aliphatic heterocycles. The Kier molecular flexibility index (Phi) is 3.32. The Morgan fingerprint density at radius 1 is 1.44 bits per heavy atom. The van der Waals surface area contributed by atoms with Crippen molar-refractivity contribution in [1.29, 1.82) is 0 Å². The van der Waals surface area contributed by atoms with E-state index >= 15 is 0 Å². The van der Waals surface area contributed by atoms with E-state index in [1.54, 1.807) is 12.1 Å². The number of rotatable bonds is 2. The van der Waals surface area contributed by atoms with Crippen LogP contribution in [0.4, 0.5) is 5.69 Å². The minimum absolute atomic E-state index is 0.0548. The first-order chi connectivity index (χ1) is 8.45. The fourth-order valence-corrected chi connectivity index (χ4v) is 2.50. The molecule has 0 aliphatic rings. The van der Waals surface area contributed by atoms with Gasteiger partial charge < -0.3 is 10.8 Å². The molecule has 3 N–H and O–H groups in total. The second kappa shape index (κ2) is 4.63. The van der Waals surface area contributed by atoms with Gasteiger partial charge in [-0.2, -0.15) is 0 Å². The molecule has 0 bridgehead atoms. The van der Waals surface area contributed by atoms with Crippen molar-refractivity contribution < 1.29 is 9.90 Å². The maximum atomic E-state index is 11.2. The zero-order chi connectivity index (χ0) is 13.4. The zero-order valence-corrected chi connectivity index (χ0v) is 11.0. The molecule has 0 atom stereocenters. The predicted octanol–water partition coefficient (Wildman–Crippen LogP) is 3.38. The first kappa shape index (κ1) is 12.9. The van der Waals surface area contributed by atoms with E-state index in [-0.39, 0.29) is 5.69 Å². The van der Waals surface area contributed by atoms with Crippen LogP contribution in [0.25, 0.3) is 10.9 Å². The number of nitrogens with two attached hydrogens (primary N) is 1. The van der Waals surface area contributed by atoms with Crippen molar-refractivity contribution in [2.75, 3.05) is 5.73 Å². The van der Waals surface area contributed by atoms with Gasteiger partial charge in [0.05, 0.1) is 10.5 Å². The quantitative estimate of drug-likeness (QED) is 0.886. The molecule has 0 radical (unpaired) electrons.